The van der Waals surface area contributed by atoms with E-state index in [1.54, 1.807) is 0 Å². The summed E-state index contributed by atoms with van der Waals surface area (Å²) >= 11 is 0. The van der Waals surface area contributed by atoms with Gasteiger partial charge in [0.2, 0.25) is 5.89 Å². The second-order valence-electron chi connectivity index (χ2n) is 4.75. The lowest BCUT2D eigenvalue weighted by Crippen LogP contribution is -2.15. The fourth-order valence-corrected chi connectivity index (χ4v) is 2.16. The fraction of sp³-hybridized carbons (Fsp3) is 0.118. The van der Waals surface area contributed by atoms with E-state index in [-0.39, 0.29) is 18.9 Å². The number of hydrogen-bond acceptors (Lipinski definition) is 4. The summed E-state index contributed by atoms with van der Waals surface area (Å²) in [5, 5.41) is 12.7. The normalized spacial score (nSPS) is 10.3. The maximum atomic E-state index is 11.6. The highest BCUT2D eigenvalue weighted by Gasteiger charge is 2.10. The summed E-state index contributed by atoms with van der Waals surface area (Å²) in [6.07, 6.45) is 0.221. The van der Waals surface area contributed by atoms with E-state index >= 15 is 0 Å². The van der Waals surface area contributed by atoms with E-state index < -0.39 is 5.76 Å². The summed E-state index contributed by atoms with van der Waals surface area (Å²) in [5.74, 6) is -0.278. The molecule has 0 bridgehead atoms. The van der Waals surface area contributed by atoms with Crippen LogP contribution in [0.3, 0.4) is 0 Å². The predicted molar refractivity (Wildman–Crippen MR) is 81.9 cm³/mol. The van der Waals surface area contributed by atoms with Gasteiger partial charge in [0.05, 0.1) is 19.0 Å². The molecule has 0 radical (unpaired) electrons. The number of nitriles is 1. The Morgan fingerprint density at radius 2 is 1.64 bits per heavy atom. The summed E-state index contributed by atoms with van der Waals surface area (Å²) in [7, 11) is 0. The van der Waals surface area contributed by atoms with Crippen LogP contribution in [0.25, 0.3) is 22.6 Å². The van der Waals surface area contributed by atoms with Crippen LogP contribution in [0.4, 0.5) is 0 Å². The van der Waals surface area contributed by atoms with Crippen LogP contribution in [0, 0.1) is 11.3 Å². The molecule has 0 fully saturated rings. The molecule has 0 spiro atoms. The van der Waals surface area contributed by atoms with Crippen molar-refractivity contribution in [2.24, 2.45) is 0 Å². The number of hydrogen-bond donors (Lipinski definition) is 0. The van der Waals surface area contributed by atoms with Crippen LogP contribution in [0.5, 0.6) is 0 Å². The zero-order chi connectivity index (χ0) is 15.4. The maximum Gasteiger partial charge on any atom is 0.437 e. The van der Waals surface area contributed by atoms with Gasteiger partial charge in [0.15, 0.2) is 0 Å². The van der Waals surface area contributed by atoms with E-state index in [0.29, 0.717) is 0 Å². The average molecular weight is 291 g/mol. The minimum absolute atomic E-state index is 0.221. The van der Waals surface area contributed by atoms with Gasteiger partial charge >= 0.3 is 5.76 Å². The largest absolute Gasteiger partial charge is 0.437 e. The van der Waals surface area contributed by atoms with Crippen LogP contribution < -0.4 is 5.76 Å². The number of aromatic nitrogens is 2. The van der Waals surface area contributed by atoms with Gasteiger partial charge in [-0.1, -0.05) is 42.5 Å². The van der Waals surface area contributed by atoms with Crippen molar-refractivity contribution in [1.82, 2.24) is 9.78 Å². The third-order valence-corrected chi connectivity index (χ3v) is 3.28. The van der Waals surface area contributed by atoms with Gasteiger partial charge in [0.1, 0.15) is 0 Å². The van der Waals surface area contributed by atoms with Crippen molar-refractivity contribution in [2.75, 3.05) is 0 Å². The number of rotatable bonds is 4. The SMILES string of the molecule is N#CCCn1nc(-c2ccc(-c3ccccc3)cc2)oc1=O. The summed E-state index contributed by atoms with van der Waals surface area (Å²) < 4.78 is 6.30. The van der Waals surface area contributed by atoms with Crippen LogP contribution >= 0.6 is 0 Å². The molecule has 0 amide bonds. The standard InChI is InChI=1S/C17H13N3O2/c18-11-4-12-20-17(21)22-16(19-20)15-9-7-14(8-10-15)13-5-2-1-3-6-13/h1-3,5-10H,4,12H2. The Hall–Kier alpha value is -3.13. The Bertz CT molecular complexity index is 855. The Kier molecular flexibility index (Phi) is 3.84. The quantitative estimate of drug-likeness (QED) is 0.740. The fourth-order valence-electron chi connectivity index (χ4n) is 2.16. The molecule has 0 saturated carbocycles. The highest BCUT2D eigenvalue weighted by atomic mass is 16.4. The summed E-state index contributed by atoms with van der Waals surface area (Å²) in [6, 6.07) is 19.6. The van der Waals surface area contributed by atoms with E-state index in [1.807, 2.05) is 60.7 Å². The van der Waals surface area contributed by atoms with Crippen LogP contribution in [-0.2, 0) is 6.54 Å². The first-order valence-corrected chi connectivity index (χ1v) is 6.89. The first-order chi connectivity index (χ1) is 10.8. The van der Waals surface area contributed by atoms with E-state index in [2.05, 4.69) is 5.10 Å². The van der Waals surface area contributed by atoms with Gasteiger partial charge in [-0.15, -0.1) is 5.10 Å². The Morgan fingerprint density at radius 1 is 1.00 bits per heavy atom. The van der Waals surface area contributed by atoms with Crippen molar-refractivity contribution < 1.29 is 4.42 Å². The monoisotopic (exact) mass is 291 g/mol. The van der Waals surface area contributed by atoms with Crippen molar-refractivity contribution in [1.29, 1.82) is 5.26 Å². The van der Waals surface area contributed by atoms with Gasteiger partial charge in [-0.05, 0) is 23.3 Å². The molecule has 0 aliphatic carbocycles. The zero-order valence-corrected chi connectivity index (χ0v) is 11.8. The third kappa shape index (κ3) is 2.81. The van der Waals surface area contributed by atoms with Crippen molar-refractivity contribution in [3.8, 4) is 28.7 Å². The smallest absolute Gasteiger partial charge is 0.388 e. The number of aryl methyl sites for hydroxylation is 1. The molecule has 1 aromatic heterocycles. The van der Waals surface area contributed by atoms with Gasteiger partial charge in [-0.2, -0.15) is 9.94 Å². The first-order valence-electron chi connectivity index (χ1n) is 6.89. The molecule has 0 N–H and O–H groups in total. The second-order valence-corrected chi connectivity index (χ2v) is 4.75. The van der Waals surface area contributed by atoms with Crippen molar-refractivity contribution in [3.63, 3.8) is 0 Å². The molecule has 1 heterocycles. The number of benzene rings is 2. The molecule has 22 heavy (non-hydrogen) atoms. The Balaban J connectivity index is 1.87. The molecule has 2 aromatic carbocycles. The predicted octanol–water partition coefficient (Wildman–Crippen LogP) is 3.08. The maximum absolute atomic E-state index is 11.6. The van der Waals surface area contributed by atoms with Crippen molar-refractivity contribution >= 4 is 0 Å². The van der Waals surface area contributed by atoms with Gasteiger partial charge in [-0.25, -0.2) is 4.79 Å². The Morgan fingerprint density at radius 3 is 2.32 bits per heavy atom. The second kappa shape index (κ2) is 6.10. The topological polar surface area (TPSA) is 71.8 Å². The van der Waals surface area contributed by atoms with E-state index in [0.717, 1.165) is 16.7 Å². The lowest BCUT2D eigenvalue weighted by atomic mass is 10.0. The minimum Gasteiger partial charge on any atom is -0.388 e. The molecule has 0 saturated heterocycles. The highest BCUT2D eigenvalue weighted by Crippen LogP contribution is 2.23. The Labute approximate surface area is 127 Å². The van der Waals surface area contributed by atoms with Crippen LogP contribution in [-0.4, -0.2) is 9.78 Å². The van der Waals surface area contributed by atoms with Crippen LogP contribution in [0.1, 0.15) is 6.42 Å². The summed E-state index contributed by atoms with van der Waals surface area (Å²) in [6.45, 7) is 0.237. The average Bonchev–Trinajstić information content (AvgIpc) is 2.95. The molecule has 0 aliphatic rings. The first kappa shape index (κ1) is 13.8. The van der Waals surface area contributed by atoms with E-state index in [4.69, 9.17) is 9.68 Å². The van der Waals surface area contributed by atoms with Gasteiger partial charge in [-0.3, -0.25) is 0 Å². The highest BCUT2D eigenvalue weighted by molar-refractivity contribution is 5.67. The van der Waals surface area contributed by atoms with Crippen molar-refractivity contribution in [3.05, 3.63) is 65.1 Å². The van der Waals surface area contributed by atoms with E-state index in [9.17, 15) is 4.79 Å². The molecule has 108 valence electrons. The summed E-state index contributed by atoms with van der Waals surface area (Å²) in [4.78, 5) is 11.6. The molecule has 3 aromatic rings. The lowest BCUT2D eigenvalue weighted by molar-refractivity contribution is 0.484. The molecular formula is C17H13N3O2. The molecular weight excluding hydrogens is 278 g/mol. The minimum atomic E-state index is -0.544. The van der Waals surface area contributed by atoms with Crippen LogP contribution in [0.2, 0.25) is 0 Å². The van der Waals surface area contributed by atoms with Gasteiger partial charge < -0.3 is 4.42 Å². The zero-order valence-electron chi connectivity index (χ0n) is 11.8. The molecule has 5 heteroatoms. The number of nitrogens with zero attached hydrogens (tertiary/aromatic N) is 3. The molecule has 5 nitrogen and oxygen atoms in total. The lowest BCUT2D eigenvalue weighted by Gasteiger charge is -2.01. The van der Waals surface area contributed by atoms with Gasteiger partial charge in [0, 0.05) is 5.56 Å². The molecule has 0 unspecified atom stereocenters. The summed E-state index contributed by atoms with van der Waals surface area (Å²) in [5.41, 5.74) is 2.93. The molecule has 0 aliphatic heterocycles. The van der Waals surface area contributed by atoms with Gasteiger partial charge in [0.25, 0.3) is 0 Å². The van der Waals surface area contributed by atoms with Crippen LogP contribution in [0.15, 0.2) is 63.8 Å². The molecule has 0 atom stereocenters. The third-order valence-electron chi connectivity index (χ3n) is 3.28. The molecule has 3 rings (SSSR count). The van der Waals surface area contributed by atoms with E-state index in [1.165, 1.54) is 4.68 Å². The van der Waals surface area contributed by atoms with Crippen molar-refractivity contribution in [2.45, 2.75) is 13.0 Å².